The van der Waals surface area contributed by atoms with Crippen LogP contribution >= 0.6 is 0 Å². The van der Waals surface area contributed by atoms with Crippen LogP contribution in [0.25, 0.3) is 0 Å². The maximum Gasteiger partial charge on any atom is 0.0544 e. The van der Waals surface area contributed by atoms with Gasteiger partial charge in [0.15, 0.2) is 0 Å². The Morgan fingerprint density at radius 1 is 1.32 bits per heavy atom. The average Bonchev–Trinajstić information content (AvgIpc) is 2.56. The summed E-state index contributed by atoms with van der Waals surface area (Å²) in [4.78, 5) is 9.57. The van der Waals surface area contributed by atoms with Crippen LogP contribution < -0.4 is 0 Å². The number of likely N-dealkylation sites (N-methyl/N-ethyl adjacent to an activating group) is 1. The van der Waals surface area contributed by atoms with Gasteiger partial charge in [0.25, 0.3) is 0 Å². The number of piperidine rings is 2. The molecule has 2 aliphatic rings. The Hall–Kier alpha value is -0.970. The molecule has 0 aliphatic carbocycles. The normalized spacial score (nSPS) is 30.2. The van der Waals surface area contributed by atoms with Crippen molar-refractivity contribution in [3.05, 3.63) is 29.6 Å². The Morgan fingerprint density at radius 3 is 2.86 bits per heavy atom. The lowest BCUT2D eigenvalue weighted by molar-refractivity contribution is -0.0686. The van der Waals surface area contributed by atoms with Gasteiger partial charge in [-0.05, 0) is 57.5 Å². The molecule has 0 unspecified atom stereocenters. The minimum atomic E-state index is 0.128. The maximum atomic E-state index is 9.97. The molecule has 22 heavy (non-hydrogen) atoms. The van der Waals surface area contributed by atoms with Crippen LogP contribution in [-0.4, -0.2) is 59.2 Å². The van der Waals surface area contributed by atoms with Crippen LogP contribution in [0.4, 0.5) is 0 Å². The summed E-state index contributed by atoms with van der Waals surface area (Å²) in [5, 5.41) is 9.97. The van der Waals surface area contributed by atoms with Crippen LogP contribution in [0.2, 0.25) is 0 Å². The van der Waals surface area contributed by atoms with Crippen LogP contribution in [0.5, 0.6) is 0 Å². The molecule has 0 amide bonds. The smallest absolute Gasteiger partial charge is 0.0544 e. The van der Waals surface area contributed by atoms with E-state index in [9.17, 15) is 5.11 Å². The van der Waals surface area contributed by atoms with Gasteiger partial charge in [0.05, 0.1) is 12.3 Å². The molecule has 1 N–H and O–H groups in total. The van der Waals surface area contributed by atoms with E-state index in [1.807, 2.05) is 6.20 Å². The zero-order chi connectivity index (χ0) is 15.6. The maximum absolute atomic E-state index is 9.97. The third-order valence-electron chi connectivity index (χ3n) is 5.78. The number of aliphatic hydroxyl groups is 1. The molecule has 4 heteroatoms. The molecule has 2 aliphatic heterocycles. The van der Waals surface area contributed by atoms with Crippen LogP contribution in [0.1, 0.15) is 37.4 Å². The Balaban J connectivity index is 1.67. The van der Waals surface area contributed by atoms with E-state index in [0.717, 1.165) is 44.7 Å². The summed E-state index contributed by atoms with van der Waals surface area (Å²) in [6.45, 7) is 6.70. The van der Waals surface area contributed by atoms with Crippen molar-refractivity contribution in [1.29, 1.82) is 0 Å². The predicted molar refractivity (Wildman–Crippen MR) is 88.7 cm³/mol. The van der Waals surface area contributed by atoms with E-state index in [0.29, 0.717) is 12.6 Å². The van der Waals surface area contributed by atoms with Crippen molar-refractivity contribution < 1.29 is 5.11 Å². The highest BCUT2D eigenvalue weighted by molar-refractivity contribution is 5.14. The van der Waals surface area contributed by atoms with Crippen LogP contribution in [-0.2, 0) is 13.0 Å². The first kappa shape index (κ1) is 15.9. The van der Waals surface area contributed by atoms with E-state index in [2.05, 4.69) is 40.9 Å². The lowest BCUT2D eigenvalue weighted by atomic mass is 9.69. The summed E-state index contributed by atoms with van der Waals surface area (Å²) < 4.78 is 0. The first-order valence-electron chi connectivity index (χ1n) is 8.64. The lowest BCUT2D eigenvalue weighted by Crippen LogP contribution is -2.61. The summed E-state index contributed by atoms with van der Waals surface area (Å²) in [6, 6.07) is 4.84. The van der Waals surface area contributed by atoms with E-state index in [4.69, 9.17) is 0 Å². The van der Waals surface area contributed by atoms with Crippen LogP contribution in [0, 0.1) is 5.41 Å². The first-order valence-corrected chi connectivity index (χ1v) is 8.64. The molecule has 3 rings (SSSR count). The topological polar surface area (TPSA) is 39.6 Å². The molecule has 2 fully saturated rings. The number of likely N-dealkylation sites (tertiary alicyclic amines) is 2. The molecular weight excluding hydrogens is 274 g/mol. The molecule has 2 atom stereocenters. The molecule has 0 bridgehead atoms. The molecule has 0 radical (unpaired) electrons. The fraction of sp³-hybridized carbons (Fsp3) is 0.722. The van der Waals surface area contributed by atoms with Crippen molar-refractivity contribution >= 4 is 0 Å². The fourth-order valence-electron chi connectivity index (χ4n) is 4.21. The zero-order valence-corrected chi connectivity index (χ0v) is 14.0. The van der Waals surface area contributed by atoms with Gasteiger partial charge in [0.1, 0.15) is 0 Å². The lowest BCUT2D eigenvalue weighted by Gasteiger charge is -2.53. The van der Waals surface area contributed by atoms with Crippen LogP contribution in [0.15, 0.2) is 18.3 Å². The second kappa shape index (κ2) is 6.65. The number of hydrogen-bond acceptors (Lipinski definition) is 4. The quantitative estimate of drug-likeness (QED) is 0.922. The molecule has 122 valence electrons. The molecule has 4 nitrogen and oxygen atoms in total. The van der Waals surface area contributed by atoms with E-state index < -0.39 is 0 Å². The molecule has 1 aromatic rings. The highest BCUT2D eigenvalue weighted by atomic mass is 16.3. The number of aryl methyl sites for hydroxylation is 1. The summed E-state index contributed by atoms with van der Waals surface area (Å²) in [6.07, 6.45) is 6.54. The third-order valence-corrected chi connectivity index (χ3v) is 5.78. The number of fused-ring (bicyclic) bond motifs is 1. The summed E-state index contributed by atoms with van der Waals surface area (Å²) >= 11 is 0. The summed E-state index contributed by atoms with van der Waals surface area (Å²) in [5.74, 6) is 0. The number of rotatable bonds is 4. The van der Waals surface area contributed by atoms with Crippen molar-refractivity contribution in [2.45, 2.75) is 45.2 Å². The average molecular weight is 303 g/mol. The number of aliphatic hydroxyl groups excluding tert-OH is 1. The van der Waals surface area contributed by atoms with Gasteiger partial charge in [-0.25, -0.2) is 0 Å². The molecule has 2 saturated heterocycles. The highest BCUT2D eigenvalue weighted by Gasteiger charge is 2.46. The number of nitrogens with zero attached hydrogens (tertiary/aromatic N) is 3. The second-order valence-corrected chi connectivity index (χ2v) is 7.12. The van der Waals surface area contributed by atoms with Crippen LogP contribution in [0.3, 0.4) is 0 Å². The van der Waals surface area contributed by atoms with Gasteiger partial charge in [-0.15, -0.1) is 0 Å². The van der Waals surface area contributed by atoms with E-state index in [1.54, 1.807) is 0 Å². The molecule has 3 heterocycles. The van der Waals surface area contributed by atoms with E-state index in [-0.39, 0.29) is 5.41 Å². The van der Waals surface area contributed by atoms with Gasteiger partial charge < -0.3 is 10.0 Å². The number of pyridine rings is 1. The summed E-state index contributed by atoms with van der Waals surface area (Å²) in [5.41, 5.74) is 2.59. The third kappa shape index (κ3) is 3.05. The molecule has 1 aromatic heterocycles. The minimum Gasteiger partial charge on any atom is -0.396 e. The van der Waals surface area contributed by atoms with E-state index in [1.165, 1.54) is 18.4 Å². The van der Waals surface area contributed by atoms with Gasteiger partial charge in [0, 0.05) is 30.7 Å². The monoisotopic (exact) mass is 303 g/mol. The van der Waals surface area contributed by atoms with Crippen molar-refractivity contribution in [1.82, 2.24) is 14.8 Å². The van der Waals surface area contributed by atoms with Gasteiger partial charge in [-0.3, -0.25) is 9.88 Å². The SMILES string of the molecule is CCc1ccc(CN2CC[C@@]3(CO)CCCN(C)[C@@H]3C2)nc1. The van der Waals surface area contributed by atoms with Gasteiger partial charge in [0.2, 0.25) is 0 Å². The van der Waals surface area contributed by atoms with Gasteiger partial charge >= 0.3 is 0 Å². The molecular formula is C18H29N3O. The van der Waals surface area contributed by atoms with Gasteiger partial charge in [-0.1, -0.05) is 13.0 Å². The van der Waals surface area contributed by atoms with Crippen molar-refractivity contribution in [2.75, 3.05) is 33.3 Å². The largest absolute Gasteiger partial charge is 0.396 e. The Labute approximate surface area is 134 Å². The first-order chi connectivity index (χ1) is 10.7. The standard InChI is InChI=1S/C18H29N3O/c1-3-15-5-6-16(19-11-15)12-21-10-8-18(14-22)7-4-9-20(2)17(18)13-21/h5-6,11,17,22H,3-4,7-10,12-14H2,1-2H3/t17-,18-/m1/s1. The molecule has 0 spiro atoms. The molecule has 0 saturated carbocycles. The Bertz CT molecular complexity index is 490. The predicted octanol–water partition coefficient (Wildman–Crippen LogP) is 1.92. The van der Waals surface area contributed by atoms with Crippen molar-refractivity contribution in [3.8, 4) is 0 Å². The highest BCUT2D eigenvalue weighted by Crippen LogP contribution is 2.41. The Morgan fingerprint density at radius 2 is 2.18 bits per heavy atom. The zero-order valence-electron chi connectivity index (χ0n) is 14.0. The number of aromatic nitrogens is 1. The van der Waals surface area contributed by atoms with Gasteiger partial charge in [-0.2, -0.15) is 0 Å². The Kier molecular flexibility index (Phi) is 4.81. The van der Waals surface area contributed by atoms with Crippen molar-refractivity contribution in [2.24, 2.45) is 5.41 Å². The molecule has 0 aromatic carbocycles. The second-order valence-electron chi connectivity index (χ2n) is 7.12. The summed E-state index contributed by atoms with van der Waals surface area (Å²) in [7, 11) is 2.21. The minimum absolute atomic E-state index is 0.128. The van der Waals surface area contributed by atoms with Crippen molar-refractivity contribution in [3.63, 3.8) is 0 Å². The van der Waals surface area contributed by atoms with E-state index >= 15 is 0 Å². The fourth-order valence-corrected chi connectivity index (χ4v) is 4.21. The number of hydrogen-bond donors (Lipinski definition) is 1.